The van der Waals surface area contributed by atoms with Gasteiger partial charge in [0.1, 0.15) is 10.8 Å². The SMILES string of the molecule is COC=O.FC1CC(n2ncc3ccc(Br)nc32)C1. The normalized spacial score (nSPS) is 21.2. The molecule has 0 N–H and O–H groups in total. The highest BCUT2D eigenvalue weighted by atomic mass is 79.9. The van der Waals surface area contributed by atoms with E-state index in [4.69, 9.17) is 4.79 Å². The van der Waals surface area contributed by atoms with Crippen molar-refractivity contribution < 1.29 is 13.9 Å². The van der Waals surface area contributed by atoms with Gasteiger partial charge in [0.05, 0.1) is 19.3 Å². The van der Waals surface area contributed by atoms with Gasteiger partial charge in [-0.25, -0.2) is 14.1 Å². The van der Waals surface area contributed by atoms with Crippen molar-refractivity contribution in [3.05, 3.63) is 22.9 Å². The summed E-state index contributed by atoms with van der Waals surface area (Å²) in [7, 11) is 1.31. The third-order valence-corrected chi connectivity index (χ3v) is 3.35. The summed E-state index contributed by atoms with van der Waals surface area (Å²) in [6, 6.07) is 4.02. The van der Waals surface area contributed by atoms with Gasteiger partial charge in [-0.3, -0.25) is 4.79 Å². The fourth-order valence-electron chi connectivity index (χ4n) is 1.89. The lowest BCUT2D eigenvalue weighted by atomic mass is 9.91. The van der Waals surface area contributed by atoms with Crippen molar-refractivity contribution in [2.45, 2.75) is 25.1 Å². The smallest absolute Gasteiger partial charge is 0.292 e. The van der Waals surface area contributed by atoms with Crippen LogP contribution in [0.2, 0.25) is 0 Å². The first-order valence-electron chi connectivity index (χ1n) is 5.76. The second kappa shape index (κ2) is 6.10. The van der Waals surface area contributed by atoms with E-state index in [1.807, 2.05) is 16.8 Å². The van der Waals surface area contributed by atoms with Crippen LogP contribution < -0.4 is 0 Å². The number of fused-ring (bicyclic) bond motifs is 1. The third kappa shape index (κ3) is 3.09. The first-order valence-corrected chi connectivity index (χ1v) is 6.55. The lowest BCUT2D eigenvalue weighted by Gasteiger charge is -2.29. The van der Waals surface area contributed by atoms with Crippen molar-refractivity contribution >= 4 is 33.4 Å². The number of alkyl halides is 1. The van der Waals surface area contributed by atoms with Gasteiger partial charge in [-0.2, -0.15) is 5.10 Å². The largest absolute Gasteiger partial charge is 0.471 e. The van der Waals surface area contributed by atoms with Crippen LogP contribution in [0.15, 0.2) is 22.9 Å². The zero-order chi connectivity index (χ0) is 13.8. The number of halogens is 2. The van der Waals surface area contributed by atoms with Gasteiger partial charge in [0.2, 0.25) is 0 Å². The van der Waals surface area contributed by atoms with Crippen LogP contribution in [0.5, 0.6) is 0 Å². The second-order valence-electron chi connectivity index (χ2n) is 4.19. The van der Waals surface area contributed by atoms with E-state index in [2.05, 4.69) is 30.7 Å². The fourth-order valence-corrected chi connectivity index (χ4v) is 2.19. The van der Waals surface area contributed by atoms with E-state index in [1.165, 1.54) is 7.11 Å². The highest BCUT2D eigenvalue weighted by molar-refractivity contribution is 9.10. The van der Waals surface area contributed by atoms with Gasteiger partial charge in [0.15, 0.2) is 5.65 Å². The maximum atomic E-state index is 12.8. The van der Waals surface area contributed by atoms with Crippen LogP contribution in [0.3, 0.4) is 0 Å². The summed E-state index contributed by atoms with van der Waals surface area (Å²) >= 11 is 3.33. The molecule has 102 valence electrons. The number of pyridine rings is 1. The van der Waals surface area contributed by atoms with Gasteiger partial charge >= 0.3 is 0 Å². The average Bonchev–Trinajstić information content (AvgIpc) is 2.78. The molecule has 19 heavy (non-hydrogen) atoms. The Morgan fingerprint density at radius 2 is 2.21 bits per heavy atom. The zero-order valence-electron chi connectivity index (χ0n) is 10.3. The molecule has 0 bridgehead atoms. The molecule has 7 heteroatoms. The van der Waals surface area contributed by atoms with Gasteiger partial charge in [-0.1, -0.05) is 0 Å². The highest BCUT2D eigenvalue weighted by Crippen LogP contribution is 2.35. The monoisotopic (exact) mass is 329 g/mol. The molecule has 0 aromatic carbocycles. The number of ether oxygens (including phenoxy) is 1. The summed E-state index contributed by atoms with van der Waals surface area (Å²) in [6.45, 7) is 0.375. The Bertz CT molecular complexity index is 569. The lowest BCUT2D eigenvalue weighted by molar-refractivity contribution is -0.126. The van der Waals surface area contributed by atoms with Crippen molar-refractivity contribution in [1.82, 2.24) is 14.8 Å². The minimum atomic E-state index is -0.665. The predicted octanol–water partition coefficient (Wildman–Crippen LogP) is 2.66. The Balaban J connectivity index is 0.000000297. The standard InChI is InChI=1S/C10H9BrFN3.C2H4O2/c11-9-2-1-6-5-13-15(10(6)14-9)8-3-7(12)4-8;1-4-2-3/h1-2,5,7-8H,3-4H2;2H,1H3. The first-order chi connectivity index (χ1) is 9.15. The second-order valence-corrected chi connectivity index (χ2v) is 5.00. The number of methoxy groups -OCH3 is 1. The van der Waals surface area contributed by atoms with Crippen LogP contribution in [-0.4, -0.2) is 34.5 Å². The van der Waals surface area contributed by atoms with Crippen LogP contribution in [-0.2, 0) is 9.53 Å². The Morgan fingerprint density at radius 1 is 1.53 bits per heavy atom. The van der Waals surface area contributed by atoms with Gasteiger partial charge in [0, 0.05) is 18.2 Å². The van der Waals surface area contributed by atoms with E-state index in [1.54, 1.807) is 6.20 Å². The van der Waals surface area contributed by atoms with Crippen LogP contribution in [0, 0.1) is 0 Å². The Kier molecular flexibility index (Phi) is 4.47. The summed E-state index contributed by atoms with van der Waals surface area (Å²) in [5.74, 6) is 0. The molecule has 0 spiro atoms. The van der Waals surface area contributed by atoms with Gasteiger partial charge < -0.3 is 4.74 Å². The molecule has 0 amide bonds. The molecule has 1 aliphatic carbocycles. The minimum Gasteiger partial charge on any atom is -0.471 e. The molecule has 0 aliphatic heterocycles. The highest BCUT2D eigenvalue weighted by Gasteiger charge is 2.32. The molecule has 1 fully saturated rings. The Morgan fingerprint density at radius 3 is 2.79 bits per heavy atom. The van der Waals surface area contributed by atoms with Crippen LogP contribution in [0.4, 0.5) is 4.39 Å². The van der Waals surface area contributed by atoms with E-state index in [0.29, 0.717) is 19.3 Å². The number of hydrogen-bond acceptors (Lipinski definition) is 4. The molecule has 2 heterocycles. The maximum Gasteiger partial charge on any atom is 0.292 e. The number of hydrogen-bond donors (Lipinski definition) is 0. The van der Waals surface area contributed by atoms with Crippen LogP contribution in [0.25, 0.3) is 11.0 Å². The molecular weight excluding hydrogens is 317 g/mol. The molecule has 0 saturated heterocycles. The van der Waals surface area contributed by atoms with E-state index >= 15 is 0 Å². The lowest BCUT2D eigenvalue weighted by Crippen LogP contribution is -2.28. The van der Waals surface area contributed by atoms with Crippen molar-refractivity contribution in [3.63, 3.8) is 0 Å². The number of rotatable bonds is 2. The zero-order valence-corrected chi connectivity index (χ0v) is 11.9. The summed E-state index contributed by atoms with van der Waals surface area (Å²) in [5.41, 5.74) is 0.835. The number of nitrogens with zero attached hydrogens (tertiary/aromatic N) is 3. The predicted molar refractivity (Wildman–Crippen MR) is 71.5 cm³/mol. The topological polar surface area (TPSA) is 57.0 Å². The van der Waals surface area contributed by atoms with E-state index in [9.17, 15) is 4.39 Å². The van der Waals surface area contributed by atoms with E-state index in [0.717, 1.165) is 15.6 Å². The van der Waals surface area contributed by atoms with Crippen molar-refractivity contribution in [3.8, 4) is 0 Å². The van der Waals surface area contributed by atoms with Crippen LogP contribution in [0.1, 0.15) is 18.9 Å². The minimum absolute atomic E-state index is 0.180. The molecule has 2 aromatic rings. The van der Waals surface area contributed by atoms with Gasteiger partial charge in [-0.15, -0.1) is 0 Å². The maximum absolute atomic E-state index is 12.8. The molecule has 1 aliphatic rings. The Hall–Kier alpha value is -1.50. The summed E-state index contributed by atoms with van der Waals surface area (Å²) < 4.78 is 19.2. The average molecular weight is 330 g/mol. The van der Waals surface area contributed by atoms with E-state index < -0.39 is 6.17 Å². The van der Waals surface area contributed by atoms with Gasteiger partial charge in [0.25, 0.3) is 6.47 Å². The molecular formula is C12H13BrFN3O2. The molecule has 0 atom stereocenters. The Labute approximate surface area is 117 Å². The van der Waals surface area contributed by atoms with E-state index in [-0.39, 0.29) is 6.04 Å². The van der Waals surface area contributed by atoms with Gasteiger partial charge in [-0.05, 0) is 28.1 Å². The summed E-state index contributed by atoms with van der Waals surface area (Å²) in [4.78, 5) is 13.3. The fraction of sp³-hybridized carbons (Fsp3) is 0.417. The molecule has 0 unspecified atom stereocenters. The van der Waals surface area contributed by atoms with Crippen LogP contribution >= 0.6 is 15.9 Å². The molecule has 2 aromatic heterocycles. The number of carbonyl (C=O) groups excluding carboxylic acids is 1. The molecule has 0 radical (unpaired) electrons. The summed E-state index contributed by atoms with van der Waals surface area (Å²) in [5, 5.41) is 5.26. The molecule has 1 saturated carbocycles. The number of carbonyl (C=O) groups is 1. The molecule has 3 rings (SSSR count). The molecule has 5 nitrogen and oxygen atoms in total. The van der Waals surface area contributed by atoms with Crippen molar-refractivity contribution in [2.75, 3.05) is 7.11 Å². The summed E-state index contributed by atoms with van der Waals surface area (Å²) in [6.07, 6.45) is 2.23. The third-order valence-electron chi connectivity index (χ3n) is 2.91. The quantitative estimate of drug-likeness (QED) is 0.627. The first kappa shape index (κ1) is 13.9. The van der Waals surface area contributed by atoms with Crippen molar-refractivity contribution in [2.24, 2.45) is 0 Å². The van der Waals surface area contributed by atoms with Crippen molar-refractivity contribution in [1.29, 1.82) is 0 Å². The number of aromatic nitrogens is 3.